The predicted octanol–water partition coefficient (Wildman–Crippen LogP) is 6.16. The topological polar surface area (TPSA) is 99.2 Å². The highest BCUT2D eigenvalue weighted by atomic mass is 32.2. The summed E-state index contributed by atoms with van der Waals surface area (Å²) >= 11 is 0. The maximum atomic E-state index is 13.9. The van der Waals surface area contributed by atoms with Crippen LogP contribution in [0, 0.1) is 0 Å². The second-order valence-corrected chi connectivity index (χ2v) is 11.0. The maximum Gasteiger partial charge on any atom is 0.416 e. The Morgan fingerprint density at radius 3 is 2.14 bits per heavy atom. The van der Waals surface area contributed by atoms with Crippen molar-refractivity contribution in [1.29, 1.82) is 0 Å². The van der Waals surface area contributed by atoms with Crippen LogP contribution in [0.4, 0.5) is 18.9 Å². The molecule has 0 saturated carbocycles. The molecule has 0 spiro atoms. The molecule has 0 amide bonds. The highest BCUT2D eigenvalue weighted by Crippen LogP contribution is 2.34. The number of hydrogen-bond acceptors (Lipinski definition) is 7. The first kappa shape index (κ1) is 31.1. The Labute approximate surface area is 246 Å². The Morgan fingerprint density at radius 1 is 0.767 bits per heavy atom. The summed E-state index contributed by atoms with van der Waals surface area (Å²) in [4.78, 5) is 25.1. The zero-order chi connectivity index (χ0) is 31.2. The van der Waals surface area contributed by atoms with Crippen LogP contribution in [0.3, 0.4) is 0 Å². The number of ketones is 1. The minimum absolute atomic E-state index is 0.176. The third-order valence-electron chi connectivity index (χ3n) is 6.33. The molecule has 0 heterocycles. The van der Waals surface area contributed by atoms with E-state index in [0.29, 0.717) is 17.1 Å². The molecule has 0 aromatic heterocycles. The van der Waals surface area contributed by atoms with Crippen molar-refractivity contribution in [2.75, 3.05) is 25.1 Å². The van der Waals surface area contributed by atoms with Gasteiger partial charge in [0.1, 0.15) is 0 Å². The number of hydrogen-bond donors (Lipinski definition) is 0. The second kappa shape index (κ2) is 13.0. The number of Topliss-reactive ketones (excluding diaryl/α,β-unsaturated/α-hetero) is 1. The number of esters is 1. The summed E-state index contributed by atoms with van der Waals surface area (Å²) in [7, 11) is -1.65. The molecule has 0 atom stereocenters. The molecule has 0 aliphatic rings. The van der Waals surface area contributed by atoms with E-state index in [2.05, 4.69) is 0 Å². The molecule has 0 aliphatic heterocycles. The van der Waals surface area contributed by atoms with Crippen LogP contribution in [0.15, 0.2) is 102 Å². The van der Waals surface area contributed by atoms with Crippen molar-refractivity contribution < 1.29 is 45.4 Å². The molecular formula is C31H26F3NO7S. The SMILES string of the molecule is COc1ccc(C(=O)COC(=O)c2cccc(S(=O)(=O)N(Cc3ccccc3)c3cccc(C(F)(F)F)c3)c2)cc1OC. The summed E-state index contributed by atoms with van der Waals surface area (Å²) in [5.41, 5.74) is -0.695. The van der Waals surface area contributed by atoms with Crippen LogP contribution in [-0.4, -0.2) is 41.0 Å². The lowest BCUT2D eigenvalue weighted by Gasteiger charge is -2.25. The van der Waals surface area contributed by atoms with Gasteiger partial charge in [-0.3, -0.25) is 9.10 Å². The average molecular weight is 614 g/mol. The molecule has 4 aromatic rings. The monoisotopic (exact) mass is 613 g/mol. The molecule has 8 nitrogen and oxygen atoms in total. The van der Waals surface area contributed by atoms with Crippen molar-refractivity contribution in [3.05, 3.63) is 119 Å². The van der Waals surface area contributed by atoms with E-state index in [1.807, 2.05) is 0 Å². The standard InChI is InChI=1S/C31H26F3NO7S/c1-40-28-15-14-22(17-29(28)41-2)27(36)20-42-30(37)23-10-6-13-26(16-23)43(38,39)35(19-21-8-4-3-5-9-21)25-12-7-11-24(18-25)31(32,33)34/h3-18H,19-20H2,1-2H3. The lowest BCUT2D eigenvalue weighted by molar-refractivity contribution is -0.137. The average Bonchev–Trinajstić information content (AvgIpc) is 3.02. The second-order valence-electron chi connectivity index (χ2n) is 9.14. The molecule has 43 heavy (non-hydrogen) atoms. The number of alkyl halides is 3. The fourth-order valence-corrected chi connectivity index (χ4v) is 5.61. The number of rotatable bonds is 11. The van der Waals surface area contributed by atoms with Crippen molar-refractivity contribution in [2.45, 2.75) is 17.6 Å². The Balaban J connectivity index is 1.60. The summed E-state index contributed by atoms with van der Waals surface area (Å²) in [6, 6.07) is 21.6. The van der Waals surface area contributed by atoms with Gasteiger partial charge in [-0.15, -0.1) is 0 Å². The number of sulfonamides is 1. The quantitative estimate of drug-likeness (QED) is 0.148. The van der Waals surface area contributed by atoms with E-state index < -0.39 is 40.1 Å². The summed E-state index contributed by atoms with van der Waals surface area (Å²) in [6.45, 7) is -0.922. The van der Waals surface area contributed by atoms with E-state index in [9.17, 15) is 31.2 Å². The van der Waals surface area contributed by atoms with Gasteiger partial charge < -0.3 is 14.2 Å². The minimum Gasteiger partial charge on any atom is -0.493 e. The molecule has 0 aliphatic carbocycles. The van der Waals surface area contributed by atoms with Crippen LogP contribution in [0.2, 0.25) is 0 Å². The highest BCUT2D eigenvalue weighted by Gasteiger charge is 2.33. The van der Waals surface area contributed by atoms with Gasteiger partial charge in [-0.2, -0.15) is 13.2 Å². The number of methoxy groups -OCH3 is 2. The third kappa shape index (κ3) is 7.33. The number of ether oxygens (including phenoxy) is 3. The van der Waals surface area contributed by atoms with Crippen molar-refractivity contribution in [3.8, 4) is 11.5 Å². The number of nitrogens with zero attached hydrogens (tertiary/aromatic N) is 1. The summed E-state index contributed by atoms with van der Waals surface area (Å²) in [5.74, 6) is -0.810. The van der Waals surface area contributed by atoms with Gasteiger partial charge in [0.25, 0.3) is 10.0 Å². The minimum atomic E-state index is -4.70. The first-order valence-corrected chi connectivity index (χ1v) is 14.1. The van der Waals surface area contributed by atoms with E-state index >= 15 is 0 Å². The van der Waals surface area contributed by atoms with Crippen LogP contribution in [0.1, 0.15) is 31.8 Å². The van der Waals surface area contributed by atoms with Gasteiger partial charge >= 0.3 is 12.1 Å². The molecule has 0 unspecified atom stereocenters. The highest BCUT2D eigenvalue weighted by molar-refractivity contribution is 7.92. The van der Waals surface area contributed by atoms with Crippen LogP contribution >= 0.6 is 0 Å². The van der Waals surface area contributed by atoms with Crippen LogP contribution in [0.5, 0.6) is 11.5 Å². The fraction of sp³-hybridized carbons (Fsp3) is 0.161. The normalized spacial score (nSPS) is 11.5. The van der Waals surface area contributed by atoms with Crippen LogP contribution in [-0.2, 0) is 27.5 Å². The Morgan fingerprint density at radius 2 is 1.47 bits per heavy atom. The van der Waals surface area contributed by atoms with E-state index in [-0.39, 0.29) is 28.3 Å². The smallest absolute Gasteiger partial charge is 0.416 e. The van der Waals surface area contributed by atoms with Gasteiger partial charge in [0.05, 0.1) is 42.5 Å². The van der Waals surface area contributed by atoms with E-state index in [4.69, 9.17) is 14.2 Å². The van der Waals surface area contributed by atoms with Gasteiger partial charge in [-0.25, -0.2) is 13.2 Å². The largest absolute Gasteiger partial charge is 0.493 e. The number of halogens is 3. The maximum absolute atomic E-state index is 13.9. The zero-order valence-electron chi connectivity index (χ0n) is 23.0. The summed E-state index contributed by atoms with van der Waals surface area (Å²) in [5, 5.41) is 0. The zero-order valence-corrected chi connectivity index (χ0v) is 23.8. The lowest BCUT2D eigenvalue weighted by atomic mass is 10.1. The van der Waals surface area contributed by atoms with Crippen LogP contribution in [0.25, 0.3) is 0 Å². The van der Waals surface area contributed by atoms with Crippen molar-refractivity contribution in [2.24, 2.45) is 0 Å². The first-order valence-electron chi connectivity index (χ1n) is 12.7. The van der Waals surface area contributed by atoms with Gasteiger partial charge in [-0.05, 0) is 60.2 Å². The molecule has 224 valence electrons. The van der Waals surface area contributed by atoms with Crippen LogP contribution < -0.4 is 13.8 Å². The Kier molecular flexibility index (Phi) is 9.40. The number of carbonyl (C=O) groups is 2. The van der Waals surface area contributed by atoms with Gasteiger partial charge in [0.2, 0.25) is 0 Å². The molecule has 0 fully saturated rings. The number of carbonyl (C=O) groups excluding carboxylic acids is 2. The molecule has 0 radical (unpaired) electrons. The van der Waals surface area contributed by atoms with E-state index in [1.54, 1.807) is 30.3 Å². The first-order chi connectivity index (χ1) is 20.4. The number of benzene rings is 4. The summed E-state index contributed by atoms with van der Waals surface area (Å²) < 4.78 is 84.4. The molecule has 0 bridgehead atoms. The van der Waals surface area contributed by atoms with Crippen molar-refractivity contribution in [1.82, 2.24) is 0 Å². The Bertz CT molecular complexity index is 1730. The van der Waals surface area contributed by atoms with Gasteiger partial charge in [0, 0.05) is 5.56 Å². The third-order valence-corrected chi connectivity index (χ3v) is 8.10. The molecule has 4 aromatic carbocycles. The molecule has 0 N–H and O–H groups in total. The van der Waals surface area contributed by atoms with E-state index in [1.165, 1.54) is 56.7 Å². The predicted molar refractivity (Wildman–Crippen MR) is 152 cm³/mol. The molecule has 0 saturated heterocycles. The van der Waals surface area contributed by atoms with Gasteiger partial charge in [-0.1, -0.05) is 42.5 Å². The van der Waals surface area contributed by atoms with E-state index in [0.717, 1.165) is 28.6 Å². The van der Waals surface area contributed by atoms with Gasteiger partial charge in [0.15, 0.2) is 23.9 Å². The molecule has 12 heteroatoms. The van der Waals surface area contributed by atoms with Crippen molar-refractivity contribution in [3.63, 3.8) is 0 Å². The molecular weight excluding hydrogens is 587 g/mol. The Hall–Kier alpha value is -4.84. The summed E-state index contributed by atoms with van der Waals surface area (Å²) in [6.07, 6.45) is -4.70. The molecule has 4 rings (SSSR count). The number of anilines is 1. The fourth-order valence-electron chi connectivity index (χ4n) is 4.12. The lowest BCUT2D eigenvalue weighted by Crippen LogP contribution is -2.31. The van der Waals surface area contributed by atoms with Crippen molar-refractivity contribution >= 4 is 27.5 Å².